The summed E-state index contributed by atoms with van der Waals surface area (Å²) < 4.78 is 21.1. The lowest BCUT2D eigenvalue weighted by Gasteiger charge is -2.10. The van der Waals surface area contributed by atoms with Gasteiger partial charge in [-0.2, -0.15) is 4.98 Å². The molecule has 1 aromatic heterocycles. The molecule has 3 aromatic rings. The van der Waals surface area contributed by atoms with Crippen molar-refractivity contribution in [3.8, 4) is 22.9 Å². The van der Waals surface area contributed by atoms with E-state index in [4.69, 9.17) is 18.7 Å². The summed E-state index contributed by atoms with van der Waals surface area (Å²) in [4.78, 5) is 16.6. The van der Waals surface area contributed by atoms with Gasteiger partial charge < -0.3 is 18.7 Å². The molecule has 0 aliphatic carbocycles. The molecule has 0 unspecified atom stereocenters. The van der Waals surface area contributed by atoms with Gasteiger partial charge in [-0.05, 0) is 37.6 Å². The average molecular weight is 368 g/mol. The van der Waals surface area contributed by atoms with Gasteiger partial charge >= 0.3 is 5.97 Å². The summed E-state index contributed by atoms with van der Waals surface area (Å²) in [6, 6.07) is 12.6. The fraction of sp³-hybridized carbons (Fsp3) is 0.250. The highest BCUT2D eigenvalue weighted by Crippen LogP contribution is 2.28. The predicted molar refractivity (Wildman–Crippen MR) is 97.8 cm³/mol. The number of aryl methyl sites for hydroxylation is 1. The smallest absolute Gasteiger partial charge is 0.338 e. The van der Waals surface area contributed by atoms with Crippen LogP contribution in [0.2, 0.25) is 0 Å². The fourth-order valence-corrected chi connectivity index (χ4v) is 2.53. The molecule has 27 heavy (non-hydrogen) atoms. The van der Waals surface area contributed by atoms with Gasteiger partial charge in [-0.15, -0.1) is 0 Å². The zero-order valence-electron chi connectivity index (χ0n) is 15.4. The summed E-state index contributed by atoms with van der Waals surface area (Å²) in [6.45, 7) is 4.16. The maximum absolute atomic E-state index is 12.3. The summed E-state index contributed by atoms with van der Waals surface area (Å²) in [5, 5.41) is 3.95. The first-order valence-electron chi connectivity index (χ1n) is 8.49. The lowest BCUT2D eigenvalue weighted by Crippen LogP contribution is -2.06. The van der Waals surface area contributed by atoms with Crippen LogP contribution in [0.3, 0.4) is 0 Å². The molecular weight excluding hydrogens is 348 g/mol. The minimum Gasteiger partial charge on any atom is -0.493 e. The van der Waals surface area contributed by atoms with E-state index in [-0.39, 0.29) is 12.5 Å². The summed E-state index contributed by atoms with van der Waals surface area (Å²) >= 11 is 0. The molecule has 0 amide bonds. The first-order chi connectivity index (χ1) is 13.1. The number of esters is 1. The van der Waals surface area contributed by atoms with Crippen LogP contribution in [0.5, 0.6) is 11.5 Å². The quantitative estimate of drug-likeness (QED) is 0.586. The molecule has 7 nitrogen and oxygen atoms in total. The van der Waals surface area contributed by atoms with Crippen molar-refractivity contribution in [1.29, 1.82) is 0 Å². The Morgan fingerprint density at radius 3 is 2.70 bits per heavy atom. The van der Waals surface area contributed by atoms with Gasteiger partial charge in [-0.25, -0.2) is 4.79 Å². The molecule has 3 rings (SSSR count). The van der Waals surface area contributed by atoms with Gasteiger partial charge in [0.05, 0.1) is 19.3 Å². The molecule has 0 radical (unpaired) electrons. The van der Waals surface area contributed by atoms with E-state index in [0.717, 1.165) is 11.1 Å². The number of hydrogen-bond donors (Lipinski definition) is 0. The van der Waals surface area contributed by atoms with E-state index < -0.39 is 5.97 Å². The number of nitrogens with zero attached hydrogens (tertiary/aromatic N) is 2. The van der Waals surface area contributed by atoms with Gasteiger partial charge in [0.1, 0.15) is 0 Å². The van der Waals surface area contributed by atoms with Crippen LogP contribution in [0.15, 0.2) is 47.0 Å². The third kappa shape index (κ3) is 4.25. The molecule has 2 aromatic carbocycles. The van der Waals surface area contributed by atoms with Crippen LogP contribution < -0.4 is 9.47 Å². The predicted octanol–water partition coefficient (Wildman–Crippen LogP) is 3.81. The fourth-order valence-electron chi connectivity index (χ4n) is 2.53. The van der Waals surface area contributed by atoms with E-state index in [0.29, 0.717) is 29.5 Å². The number of carbonyl (C=O) groups is 1. The molecule has 0 fully saturated rings. The lowest BCUT2D eigenvalue weighted by atomic mass is 10.1. The number of carbonyl (C=O) groups excluding carboxylic acids is 1. The topological polar surface area (TPSA) is 83.7 Å². The van der Waals surface area contributed by atoms with E-state index in [1.165, 1.54) is 7.11 Å². The Hall–Kier alpha value is -3.35. The third-order valence-electron chi connectivity index (χ3n) is 3.88. The van der Waals surface area contributed by atoms with E-state index in [1.807, 2.05) is 38.1 Å². The summed E-state index contributed by atoms with van der Waals surface area (Å²) in [5.74, 6) is 1.19. The summed E-state index contributed by atoms with van der Waals surface area (Å²) in [6.07, 6.45) is 0. The van der Waals surface area contributed by atoms with Crippen LogP contribution in [-0.4, -0.2) is 29.8 Å². The monoisotopic (exact) mass is 368 g/mol. The maximum Gasteiger partial charge on any atom is 0.338 e. The van der Waals surface area contributed by atoms with Crippen molar-refractivity contribution in [3.63, 3.8) is 0 Å². The Kier molecular flexibility index (Phi) is 5.71. The molecule has 0 spiro atoms. The largest absolute Gasteiger partial charge is 0.493 e. The van der Waals surface area contributed by atoms with Gasteiger partial charge in [0, 0.05) is 5.56 Å². The van der Waals surface area contributed by atoms with Gasteiger partial charge in [0.25, 0.3) is 5.89 Å². The molecule has 140 valence electrons. The van der Waals surface area contributed by atoms with Crippen LogP contribution >= 0.6 is 0 Å². The molecular formula is C20H20N2O5. The first kappa shape index (κ1) is 18.4. The van der Waals surface area contributed by atoms with Crippen molar-refractivity contribution in [2.24, 2.45) is 0 Å². The highest BCUT2D eigenvalue weighted by Gasteiger charge is 2.15. The SMILES string of the molecule is CCOc1cc(C(=O)OCc2nc(-c3ccccc3C)no2)ccc1OC. The molecule has 0 bridgehead atoms. The average Bonchev–Trinajstić information content (AvgIpc) is 3.15. The van der Waals surface area contributed by atoms with E-state index >= 15 is 0 Å². The van der Waals surface area contributed by atoms with Gasteiger partial charge in [-0.1, -0.05) is 29.4 Å². The van der Waals surface area contributed by atoms with E-state index in [2.05, 4.69) is 10.1 Å². The molecule has 0 N–H and O–H groups in total. The van der Waals surface area contributed by atoms with Crippen LogP contribution in [0.1, 0.15) is 28.7 Å². The Labute approximate surface area is 156 Å². The number of ether oxygens (including phenoxy) is 3. The van der Waals surface area contributed by atoms with Crippen molar-refractivity contribution in [2.75, 3.05) is 13.7 Å². The second-order valence-corrected chi connectivity index (χ2v) is 5.70. The number of rotatable bonds is 7. The number of hydrogen-bond acceptors (Lipinski definition) is 7. The van der Waals surface area contributed by atoms with Crippen molar-refractivity contribution in [2.45, 2.75) is 20.5 Å². The van der Waals surface area contributed by atoms with Crippen LogP contribution in [0.4, 0.5) is 0 Å². The van der Waals surface area contributed by atoms with Crippen LogP contribution in [0.25, 0.3) is 11.4 Å². The minimum absolute atomic E-state index is 0.117. The molecule has 0 saturated carbocycles. The third-order valence-corrected chi connectivity index (χ3v) is 3.88. The lowest BCUT2D eigenvalue weighted by molar-refractivity contribution is 0.0429. The van der Waals surface area contributed by atoms with Crippen molar-refractivity contribution >= 4 is 5.97 Å². The second-order valence-electron chi connectivity index (χ2n) is 5.70. The van der Waals surface area contributed by atoms with E-state index in [1.54, 1.807) is 18.2 Å². The van der Waals surface area contributed by atoms with Crippen LogP contribution in [0, 0.1) is 6.92 Å². The van der Waals surface area contributed by atoms with Gasteiger partial charge in [0.2, 0.25) is 5.82 Å². The first-order valence-corrected chi connectivity index (χ1v) is 8.49. The Balaban J connectivity index is 1.68. The Morgan fingerprint density at radius 1 is 1.15 bits per heavy atom. The minimum atomic E-state index is -0.519. The Morgan fingerprint density at radius 2 is 1.96 bits per heavy atom. The Bertz CT molecular complexity index is 936. The number of methoxy groups -OCH3 is 1. The number of benzene rings is 2. The molecule has 1 heterocycles. The maximum atomic E-state index is 12.3. The molecule has 0 saturated heterocycles. The molecule has 0 atom stereocenters. The summed E-state index contributed by atoms with van der Waals surface area (Å²) in [5.41, 5.74) is 2.25. The summed E-state index contributed by atoms with van der Waals surface area (Å²) in [7, 11) is 1.54. The van der Waals surface area contributed by atoms with Crippen molar-refractivity contribution < 1.29 is 23.5 Å². The highest BCUT2D eigenvalue weighted by atomic mass is 16.6. The number of aromatic nitrogens is 2. The van der Waals surface area contributed by atoms with Crippen LogP contribution in [-0.2, 0) is 11.3 Å². The zero-order valence-corrected chi connectivity index (χ0v) is 15.4. The van der Waals surface area contributed by atoms with Crippen molar-refractivity contribution in [1.82, 2.24) is 10.1 Å². The van der Waals surface area contributed by atoms with E-state index in [9.17, 15) is 4.79 Å². The standard InChI is InChI=1S/C20H20N2O5/c1-4-25-17-11-14(9-10-16(17)24-3)20(23)26-12-18-21-19(22-27-18)15-8-6-5-7-13(15)2/h5-11H,4,12H2,1-3H3. The van der Waals surface area contributed by atoms with Gasteiger partial charge in [-0.3, -0.25) is 0 Å². The molecule has 0 aliphatic heterocycles. The van der Waals surface area contributed by atoms with Crippen molar-refractivity contribution in [3.05, 3.63) is 59.5 Å². The highest BCUT2D eigenvalue weighted by molar-refractivity contribution is 5.90. The second kappa shape index (κ2) is 8.35. The molecule has 0 aliphatic rings. The normalized spacial score (nSPS) is 10.5. The zero-order chi connectivity index (χ0) is 19.2. The molecule has 7 heteroatoms. The van der Waals surface area contributed by atoms with Gasteiger partial charge in [0.15, 0.2) is 18.1 Å².